The van der Waals surface area contributed by atoms with Crippen LogP contribution >= 0.6 is 11.6 Å². The van der Waals surface area contributed by atoms with Gasteiger partial charge >= 0.3 is 0 Å². The van der Waals surface area contributed by atoms with Crippen LogP contribution < -0.4 is 25.6 Å². The first-order valence-corrected chi connectivity index (χ1v) is 17.0. The number of primary amides is 1. The van der Waals surface area contributed by atoms with Gasteiger partial charge in [-0.05, 0) is 42.3 Å². The first-order chi connectivity index (χ1) is 23.3. The number of ether oxygens (including phenoxy) is 1. The number of carbonyl (C=O) groups excluding carboxylic acids is 3. The molecule has 3 fully saturated rings. The Kier molecular flexibility index (Phi) is 9.31. The van der Waals surface area contributed by atoms with E-state index in [9.17, 15) is 19.6 Å². The van der Waals surface area contributed by atoms with Crippen LogP contribution in [0.5, 0.6) is 5.75 Å². The zero-order chi connectivity index (χ0) is 35.1. The highest BCUT2D eigenvalue weighted by Crippen LogP contribution is 2.59. The summed E-state index contributed by atoms with van der Waals surface area (Å²) < 4.78 is 6.61. The van der Waals surface area contributed by atoms with Gasteiger partial charge in [0, 0.05) is 74.0 Å². The molecule has 0 radical (unpaired) electrons. The topological polar surface area (TPSA) is 145 Å². The number of hydrogen-bond acceptors (Lipinski definition) is 9. The van der Waals surface area contributed by atoms with Crippen molar-refractivity contribution < 1.29 is 19.1 Å². The van der Waals surface area contributed by atoms with Crippen LogP contribution in [0.3, 0.4) is 0 Å². The Morgan fingerprint density at radius 3 is 2.41 bits per heavy atom. The number of nitrogens with two attached hydrogens (primary N) is 1. The highest BCUT2D eigenvalue weighted by molar-refractivity contribution is 6.31. The summed E-state index contributed by atoms with van der Waals surface area (Å²) in [7, 11) is 0. The Morgan fingerprint density at radius 2 is 1.80 bits per heavy atom. The van der Waals surface area contributed by atoms with E-state index in [0.717, 1.165) is 43.2 Å². The fourth-order valence-electron chi connectivity index (χ4n) is 8.35. The summed E-state index contributed by atoms with van der Waals surface area (Å²) in [4.78, 5) is 48.6. The summed E-state index contributed by atoms with van der Waals surface area (Å²) in [5.74, 6) is 0.353. The average Bonchev–Trinajstić information content (AvgIpc) is 3.07. The Hall–Kier alpha value is -4.66. The minimum atomic E-state index is -0.543. The number of amides is 3. The van der Waals surface area contributed by atoms with E-state index in [1.54, 1.807) is 24.3 Å². The second-order valence-corrected chi connectivity index (χ2v) is 14.7. The molecule has 49 heavy (non-hydrogen) atoms. The highest BCUT2D eigenvalue weighted by Gasteiger charge is 2.67. The van der Waals surface area contributed by atoms with Crippen LogP contribution in [0.2, 0.25) is 5.02 Å². The van der Waals surface area contributed by atoms with Gasteiger partial charge in [0.1, 0.15) is 29.8 Å². The maximum Gasteiger partial charge on any atom is 0.250 e. The van der Waals surface area contributed by atoms with E-state index in [0.29, 0.717) is 34.9 Å². The standard InChI is InChI=1S/C37H42ClN7O4/c1-36(2)34(37(3,4)35(36)49-26-11-9-23(20-39)27(38)19-26)45(29-12-14-31(46)42-33(29)48)28-8-6-5-7-25(28)22-43-15-17-44(18-16-43)30-13-10-24(21-41-30)32(40)47/h5-11,13,19,21,29,34-35H,12,14-18,22H2,1-4H3,(H2,40,47)(H,42,46,48). The Balaban J connectivity index is 1.26. The van der Waals surface area contributed by atoms with Gasteiger partial charge < -0.3 is 20.3 Å². The van der Waals surface area contributed by atoms with Crippen molar-refractivity contribution >= 4 is 40.8 Å². The Morgan fingerprint density at radius 1 is 1.08 bits per heavy atom. The van der Waals surface area contributed by atoms with Crippen LogP contribution in [-0.4, -0.2) is 72.0 Å². The molecule has 2 aromatic carbocycles. The van der Waals surface area contributed by atoms with Crippen molar-refractivity contribution in [3.63, 3.8) is 0 Å². The fraction of sp³-hybridized carbons (Fsp3) is 0.432. The number of nitriles is 1. The third-order valence-corrected chi connectivity index (χ3v) is 10.6. The number of nitrogens with one attached hydrogen (secondary N) is 1. The average molecular weight is 684 g/mol. The number of piperidine rings is 1. The van der Waals surface area contributed by atoms with E-state index in [-0.39, 0.29) is 30.4 Å². The van der Waals surface area contributed by atoms with E-state index in [1.165, 1.54) is 6.20 Å². The van der Waals surface area contributed by atoms with E-state index in [1.807, 2.05) is 18.2 Å². The number of benzene rings is 2. The van der Waals surface area contributed by atoms with Gasteiger partial charge in [0.15, 0.2) is 0 Å². The third-order valence-electron chi connectivity index (χ3n) is 10.3. The van der Waals surface area contributed by atoms with Gasteiger partial charge in [0.25, 0.3) is 0 Å². The highest BCUT2D eigenvalue weighted by atomic mass is 35.5. The Bertz CT molecular complexity index is 1780. The molecule has 2 saturated heterocycles. The first kappa shape index (κ1) is 34.2. The molecule has 2 aliphatic heterocycles. The van der Waals surface area contributed by atoms with E-state index < -0.39 is 22.8 Å². The number of pyridine rings is 1. The van der Waals surface area contributed by atoms with Crippen molar-refractivity contribution in [3.8, 4) is 11.8 Å². The molecule has 1 unspecified atom stereocenters. The summed E-state index contributed by atoms with van der Waals surface area (Å²) in [6, 6.07) is 18.3. The van der Waals surface area contributed by atoms with Gasteiger partial charge in [-0.1, -0.05) is 57.5 Å². The predicted octanol–water partition coefficient (Wildman–Crippen LogP) is 4.52. The summed E-state index contributed by atoms with van der Waals surface area (Å²) in [5.41, 5.74) is 7.36. The van der Waals surface area contributed by atoms with Gasteiger partial charge in [0.2, 0.25) is 17.7 Å². The molecule has 1 aromatic heterocycles. The molecule has 0 bridgehead atoms. The lowest BCUT2D eigenvalue weighted by Gasteiger charge is -2.67. The van der Waals surface area contributed by atoms with Crippen molar-refractivity contribution in [2.24, 2.45) is 16.6 Å². The second kappa shape index (κ2) is 13.3. The molecule has 11 nitrogen and oxygen atoms in total. The number of rotatable bonds is 9. The smallest absolute Gasteiger partial charge is 0.250 e. The van der Waals surface area contributed by atoms with E-state index >= 15 is 0 Å². The molecule has 1 aliphatic carbocycles. The number of imide groups is 1. The summed E-state index contributed by atoms with van der Waals surface area (Å²) in [6.45, 7) is 12.4. The van der Waals surface area contributed by atoms with Crippen molar-refractivity contribution in [3.05, 3.63) is 82.5 Å². The molecule has 12 heteroatoms. The van der Waals surface area contributed by atoms with Crippen molar-refractivity contribution in [2.45, 2.75) is 65.3 Å². The minimum absolute atomic E-state index is 0.129. The summed E-state index contributed by atoms with van der Waals surface area (Å²) in [6.07, 6.45) is 1.96. The molecule has 1 saturated carbocycles. The molecule has 1 atom stereocenters. The number of carbonyl (C=O) groups is 3. The minimum Gasteiger partial charge on any atom is -0.489 e. The monoisotopic (exact) mass is 683 g/mol. The molecule has 3 aliphatic rings. The number of piperazine rings is 1. The lowest BCUT2D eigenvalue weighted by atomic mass is 9.48. The maximum atomic E-state index is 13.6. The van der Waals surface area contributed by atoms with Gasteiger partial charge in [-0.25, -0.2) is 4.98 Å². The summed E-state index contributed by atoms with van der Waals surface area (Å²) >= 11 is 6.35. The van der Waals surface area contributed by atoms with E-state index in [2.05, 4.69) is 70.9 Å². The molecular formula is C37H42ClN7O4. The number of para-hydroxylation sites is 1. The van der Waals surface area contributed by atoms with Crippen LogP contribution in [-0.2, 0) is 16.1 Å². The van der Waals surface area contributed by atoms with Crippen LogP contribution in [0, 0.1) is 22.2 Å². The molecule has 256 valence electrons. The zero-order valence-electron chi connectivity index (χ0n) is 28.3. The third kappa shape index (κ3) is 6.55. The van der Waals surface area contributed by atoms with Crippen LogP contribution in [0.1, 0.15) is 62.0 Å². The summed E-state index contributed by atoms with van der Waals surface area (Å²) in [5, 5.41) is 12.3. The van der Waals surface area contributed by atoms with Gasteiger partial charge in [-0.15, -0.1) is 0 Å². The molecule has 3 N–H and O–H groups in total. The number of halogens is 1. The largest absolute Gasteiger partial charge is 0.489 e. The number of hydrogen-bond donors (Lipinski definition) is 2. The maximum absolute atomic E-state index is 13.6. The van der Waals surface area contributed by atoms with Crippen LogP contribution in [0.25, 0.3) is 0 Å². The van der Waals surface area contributed by atoms with Crippen LogP contribution in [0.4, 0.5) is 11.5 Å². The van der Waals surface area contributed by atoms with Crippen molar-refractivity contribution in [1.29, 1.82) is 5.26 Å². The molecule has 6 rings (SSSR count). The second-order valence-electron chi connectivity index (χ2n) is 14.3. The van der Waals surface area contributed by atoms with Crippen molar-refractivity contribution in [1.82, 2.24) is 15.2 Å². The fourth-order valence-corrected chi connectivity index (χ4v) is 8.56. The van der Waals surface area contributed by atoms with Gasteiger partial charge in [-0.3, -0.25) is 24.6 Å². The number of nitrogens with zero attached hydrogens (tertiary/aromatic N) is 5. The SMILES string of the molecule is CC1(C)C(Oc2ccc(C#N)c(Cl)c2)C(C)(C)C1N(c1ccccc1CN1CCN(c2ccc(C(N)=O)cn2)CC1)C1CCC(=O)NC1=O. The molecule has 3 heterocycles. The van der Waals surface area contributed by atoms with Gasteiger partial charge in [0.05, 0.1) is 16.1 Å². The number of anilines is 2. The lowest BCUT2D eigenvalue weighted by Crippen LogP contribution is -2.77. The molecule has 0 spiro atoms. The van der Waals surface area contributed by atoms with Gasteiger partial charge in [-0.2, -0.15) is 5.26 Å². The van der Waals surface area contributed by atoms with Crippen LogP contribution in [0.15, 0.2) is 60.8 Å². The molecular weight excluding hydrogens is 642 g/mol. The predicted molar refractivity (Wildman–Crippen MR) is 187 cm³/mol. The first-order valence-electron chi connectivity index (χ1n) is 16.6. The van der Waals surface area contributed by atoms with Crippen molar-refractivity contribution in [2.75, 3.05) is 36.0 Å². The molecule has 3 aromatic rings. The Labute approximate surface area is 292 Å². The number of aromatic nitrogens is 1. The lowest BCUT2D eigenvalue weighted by molar-refractivity contribution is -0.162. The zero-order valence-corrected chi connectivity index (χ0v) is 29.0. The molecule has 3 amide bonds. The quantitative estimate of drug-likeness (QED) is 0.311. The normalized spacial score (nSPS) is 23.2. The van der Waals surface area contributed by atoms with E-state index in [4.69, 9.17) is 22.1 Å².